The number of aliphatic hydroxyl groups excluding tert-OH is 1. The fourth-order valence-electron chi connectivity index (χ4n) is 2.74. The highest BCUT2D eigenvalue weighted by Gasteiger charge is 2.27. The second-order valence-electron chi connectivity index (χ2n) is 5.39. The molecule has 118 valence electrons. The SMILES string of the molecule is CCCNS(=O)(=O)c1ccccc1N1CCCCC1CO. The van der Waals surface area contributed by atoms with Gasteiger partial charge in [-0.3, -0.25) is 0 Å². The van der Waals surface area contributed by atoms with Crippen molar-refractivity contribution in [2.75, 3.05) is 24.6 Å². The number of hydrogen-bond acceptors (Lipinski definition) is 4. The van der Waals surface area contributed by atoms with Gasteiger partial charge in [0.05, 0.1) is 18.3 Å². The summed E-state index contributed by atoms with van der Waals surface area (Å²) in [4.78, 5) is 2.34. The van der Waals surface area contributed by atoms with Crippen molar-refractivity contribution in [3.63, 3.8) is 0 Å². The Kier molecular flexibility index (Phi) is 5.61. The third kappa shape index (κ3) is 3.75. The number of sulfonamides is 1. The Morgan fingerprint density at radius 1 is 1.33 bits per heavy atom. The van der Waals surface area contributed by atoms with Crippen LogP contribution in [0.3, 0.4) is 0 Å². The van der Waals surface area contributed by atoms with Crippen molar-refractivity contribution in [2.45, 2.75) is 43.5 Å². The molecule has 0 radical (unpaired) electrons. The molecule has 0 amide bonds. The molecule has 1 fully saturated rings. The van der Waals surface area contributed by atoms with E-state index in [-0.39, 0.29) is 12.6 Å². The lowest BCUT2D eigenvalue weighted by molar-refractivity contribution is 0.239. The van der Waals surface area contributed by atoms with Crippen LogP contribution in [0.5, 0.6) is 0 Å². The van der Waals surface area contributed by atoms with Crippen LogP contribution >= 0.6 is 0 Å². The highest BCUT2D eigenvalue weighted by atomic mass is 32.2. The van der Waals surface area contributed by atoms with Crippen molar-refractivity contribution in [1.29, 1.82) is 0 Å². The first kappa shape index (κ1) is 16.3. The molecule has 6 heteroatoms. The molecule has 0 bridgehead atoms. The molecular formula is C15H24N2O3S. The van der Waals surface area contributed by atoms with E-state index in [1.54, 1.807) is 12.1 Å². The number of nitrogens with one attached hydrogen (secondary N) is 1. The number of benzene rings is 1. The summed E-state index contributed by atoms with van der Waals surface area (Å²) in [7, 11) is -3.51. The maximum Gasteiger partial charge on any atom is 0.242 e. The van der Waals surface area contributed by atoms with Crippen LogP contribution in [0, 0.1) is 0 Å². The van der Waals surface area contributed by atoms with Gasteiger partial charge >= 0.3 is 0 Å². The number of aliphatic hydroxyl groups is 1. The molecule has 21 heavy (non-hydrogen) atoms. The summed E-state index contributed by atoms with van der Waals surface area (Å²) in [5.41, 5.74) is 0.694. The molecule has 1 aromatic rings. The van der Waals surface area contributed by atoms with Gasteiger partial charge in [0.25, 0.3) is 0 Å². The minimum atomic E-state index is -3.51. The van der Waals surface area contributed by atoms with Gasteiger partial charge in [0.2, 0.25) is 10.0 Å². The van der Waals surface area contributed by atoms with Crippen molar-refractivity contribution in [2.24, 2.45) is 0 Å². The summed E-state index contributed by atoms with van der Waals surface area (Å²) in [6, 6.07) is 7.05. The van der Waals surface area contributed by atoms with Crippen LogP contribution in [0.25, 0.3) is 0 Å². The Morgan fingerprint density at radius 2 is 2.10 bits per heavy atom. The lowest BCUT2D eigenvalue weighted by Crippen LogP contribution is -2.43. The number of nitrogens with zero attached hydrogens (tertiary/aromatic N) is 1. The Morgan fingerprint density at radius 3 is 2.81 bits per heavy atom. The lowest BCUT2D eigenvalue weighted by Gasteiger charge is -2.37. The largest absolute Gasteiger partial charge is 0.394 e. The minimum Gasteiger partial charge on any atom is -0.394 e. The molecular weight excluding hydrogens is 288 g/mol. The van der Waals surface area contributed by atoms with E-state index < -0.39 is 10.0 Å². The highest BCUT2D eigenvalue weighted by molar-refractivity contribution is 7.89. The van der Waals surface area contributed by atoms with Gasteiger partial charge in [-0.2, -0.15) is 0 Å². The smallest absolute Gasteiger partial charge is 0.242 e. The predicted octanol–water partition coefficient (Wildman–Crippen LogP) is 1.73. The van der Waals surface area contributed by atoms with Gasteiger partial charge < -0.3 is 10.0 Å². The number of piperidine rings is 1. The van der Waals surface area contributed by atoms with E-state index in [9.17, 15) is 13.5 Å². The maximum atomic E-state index is 12.4. The van der Waals surface area contributed by atoms with Gasteiger partial charge in [0.1, 0.15) is 4.90 Å². The normalized spacial score (nSPS) is 19.7. The van der Waals surface area contributed by atoms with Crippen molar-refractivity contribution in [3.05, 3.63) is 24.3 Å². The van der Waals surface area contributed by atoms with Gasteiger partial charge in [0, 0.05) is 13.1 Å². The molecule has 1 heterocycles. The average Bonchev–Trinajstić information content (AvgIpc) is 2.53. The van der Waals surface area contributed by atoms with E-state index in [1.165, 1.54) is 0 Å². The van der Waals surface area contributed by atoms with Gasteiger partial charge in [0.15, 0.2) is 0 Å². The predicted molar refractivity (Wildman–Crippen MR) is 84.0 cm³/mol. The second-order valence-corrected chi connectivity index (χ2v) is 7.13. The van der Waals surface area contributed by atoms with Crippen LogP contribution in [-0.4, -0.2) is 39.3 Å². The standard InChI is InChI=1S/C15H24N2O3S/c1-2-10-16-21(19,20)15-9-4-3-8-14(15)17-11-6-5-7-13(17)12-18/h3-4,8-9,13,16,18H,2,5-7,10-12H2,1H3. The van der Waals surface area contributed by atoms with E-state index in [4.69, 9.17) is 0 Å². The molecule has 0 saturated carbocycles. The van der Waals surface area contributed by atoms with Crippen LogP contribution in [0.15, 0.2) is 29.2 Å². The lowest BCUT2D eigenvalue weighted by atomic mass is 10.0. The van der Waals surface area contributed by atoms with Gasteiger partial charge in [-0.25, -0.2) is 13.1 Å². The fourth-order valence-corrected chi connectivity index (χ4v) is 4.09. The zero-order chi connectivity index (χ0) is 15.3. The minimum absolute atomic E-state index is 0.00118. The molecule has 1 unspecified atom stereocenters. The molecule has 1 aliphatic rings. The second kappa shape index (κ2) is 7.24. The Labute approximate surface area is 127 Å². The Bertz CT molecular complexity index is 560. The van der Waals surface area contributed by atoms with Crippen molar-refractivity contribution < 1.29 is 13.5 Å². The fraction of sp³-hybridized carbons (Fsp3) is 0.600. The van der Waals surface area contributed by atoms with Crippen LogP contribution in [-0.2, 0) is 10.0 Å². The quantitative estimate of drug-likeness (QED) is 0.839. The zero-order valence-electron chi connectivity index (χ0n) is 12.5. The van der Waals surface area contributed by atoms with E-state index in [2.05, 4.69) is 4.72 Å². The first-order chi connectivity index (χ1) is 10.1. The summed E-state index contributed by atoms with van der Waals surface area (Å²) in [5, 5.41) is 9.55. The molecule has 2 N–H and O–H groups in total. The van der Waals surface area contributed by atoms with Crippen LogP contribution < -0.4 is 9.62 Å². The third-order valence-corrected chi connectivity index (χ3v) is 5.35. The van der Waals surface area contributed by atoms with E-state index in [1.807, 2.05) is 24.0 Å². The monoisotopic (exact) mass is 312 g/mol. The van der Waals surface area contributed by atoms with Gasteiger partial charge in [-0.1, -0.05) is 19.1 Å². The number of para-hydroxylation sites is 1. The number of anilines is 1. The first-order valence-electron chi connectivity index (χ1n) is 7.56. The average molecular weight is 312 g/mol. The van der Waals surface area contributed by atoms with E-state index in [0.717, 1.165) is 32.2 Å². The van der Waals surface area contributed by atoms with Crippen LogP contribution in [0.1, 0.15) is 32.6 Å². The summed E-state index contributed by atoms with van der Waals surface area (Å²) >= 11 is 0. The first-order valence-corrected chi connectivity index (χ1v) is 9.04. The molecule has 0 spiro atoms. The zero-order valence-corrected chi connectivity index (χ0v) is 13.3. The topological polar surface area (TPSA) is 69.6 Å². The van der Waals surface area contributed by atoms with Crippen molar-refractivity contribution in [1.82, 2.24) is 4.72 Å². The highest BCUT2D eigenvalue weighted by Crippen LogP contribution is 2.30. The number of rotatable bonds is 6. The summed E-state index contributed by atoms with van der Waals surface area (Å²) in [6.07, 6.45) is 3.75. The van der Waals surface area contributed by atoms with E-state index in [0.29, 0.717) is 17.1 Å². The van der Waals surface area contributed by atoms with Crippen LogP contribution in [0.2, 0.25) is 0 Å². The molecule has 5 nitrogen and oxygen atoms in total. The number of hydrogen-bond donors (Lipinski definition) is 2. The van der Waals surface area contributed by atoms with Crippen molar-refractivity contribution >= 4 is 15.7 Å². The third-order valence-electron chi connectivity index (χ3n) is 3.84. The van der Waals surface area contributed by atoms with Gasteiger partial charge in [-0.05, 0) is 37.8 Å². The molecule has 1 atom stereocenters. The molecule has 2 rings (SSSR count). The molecule has 0 aliphatic carbocycles. The van der Waals surface area contributed by atoms with Crippen molar-refractivity contribution in [3.8, 4) is 0 Å². The van der Waals surface area contributed by atoms with Gasteiger partial charge in [-0.15, -0.1) is 0 Å². The van der Waals surface area contributed by atoms with Crippen LogP contribution in [0.4, 0.5) is 5.69 Å². The molecule has 1 aliphatic heterocycles. The molecule has 1 aromatic carbocycles. The molecule has 1 saturated heterocycles. The molecule has 0 aromatic heterocycles. The Hall–Kier alpha value is -1.11. The summed E-state index contributed by atoms with van der Waals surface area (Å²) < 4.78 is 27.5. The summed E-state index contributed by atoms with van der Waals surface area (Å²) in [6.45, 7) is 3.20. The van der Waals surface area contributed by atoms with E-state index >= 15 is 0 Å². The Balaban J connectivity index is 2.36. The maximum absolute atomic E-state index is 12.4. The summed E-state index contributed by atoms with van der Waals surface area (Å²) in [5.74, 6) is 0.